The highest BCUT2D eigenvalue weighted by atomic mass is 31.2. The molecule has 0 aliphatic rings. The van der Waals surface area contributed by atoms with Crippen LogP contribution in [0.1, 0.15) is 12.5 Å². The molecule has 1 unspecified atom stereocenters. The summed E-state index contributed by atoms with van der Waals surface area (Å²) in [6.07, 6.45) is 0.250. The molecule has 1 atom stereocenters. The van der Waals surface area contributed by atoms with Crippen LogP contribution in [-0.4, -0.2) is 20.3 Å². The van der Waals surface area contributed by atoms with E-state index in [-0.39, 0.29) is 12.8 Å². The van der Waals surface area contributed by atoms with E-state index in [1.807, 2.05) is 24.3 Å². The van der Waals surface area contributed by atoms with Crippen molar-refractivity contribution in [3.8, 4) is 5.75 Å². The molecule has 1 rings (SSSR count). The fraction of sp³-hybridized carbons (Fsp3) is 0.417. The lowest BCUT2D eigenvalue weighted by molar-refractivity contribution is 0.226. The van der Waals surface area contributed by atoms with Crippen molar-refractivity contribution >= 4 is 7.60 Å². The summed E-state index contributed by atoms with van der Waals surface area (Å²) >= 11 is 0. The molecule has 5 heteroatoms. The van der Waals surface area contributed by atoms with Crippen LogP contribution in [0.15, 0.2) is 24.3 Å². The van der Waals surface area contributed by atoms with Gasteiger partial charge in [-0.15, -0.1) is 0 Å². The van der Waals surface area contributed by atoms with Gasteiger partial charge in [-0.25, -0.2) is 0 Å². The van der Waals surface area contributed by atoms with E-state index in [9.17, 15) is 4.57 Å². The molecule has 0 saturated heterocycles. The average Bonchev–Trinajstić information content (AvgIpc) is 2.30. The van der Waals surface area contributed by atoms with Crippen molar-refractivity contribution in [3.05, 3.63) is 36.8 Å². The van der Waals surface area contributed by atoms with Crippen LogP contribution < -0.4 is 4.74 Å². The van der Waals surface area contributed by atoms with E-state index in [2.05, 4.69) is 6.92 Å². The SMILES string of the molecule is [CH2+]COP(=O)(Cc1ccc(OC)cc1)OCC. The Kier molecular flexibility index (Phi) is 5.56. The lowest BCUT2D eigenvalue weighted by atomic mass is 10.2. The third-order valence-corrected chi connectivity index (χ3v) is 4.13. The summed E-state index contributed by atoms with van der Waals surface area (Å²) in [5, 5.41) is 0. The van der Waals surface area contributed by atoms with Gasteiger partial charge in [0.25, 0.3) is 0 Å². The molecule has 1 aromatic rings. The number of methoxy groups -OCH3 is 1. The molecule has 0 heterocycles. The quantitative estimate of drug-likeness (QED) is 0.555. The van der Waals surface area contributed by atoms with E-state index in [1.165, 1.54) is 0 Å². The predicted molar refractivity (Wildman–Crippen MR) is 67.2 cm³/mol. The van der Waals surface area contributed by atoms with Gasteiger partial charge in [0.15, 0.2) is 6.61 Å². The zero-order valence-corrected chi connectivity index (χ0v) is 11.1. The number of hydrogen-bond acceptors (Lipinski definition) is 4. The first-order chi connectivity index (χ1) is 8.13. The van der Waals surface area contributed by atoms with E-state index >= 15 is 0 Å². The van der Waals surface area contributed by atoms with Crippen molar-refractivity contribution in [1.29, 1.82) is 0 Å². The Balaban J connectivity index is 2.75. The number of hydrogen-bond donors (Lipinski definition) is 0. The summed E-state index contributed by atoms with van der Waals surface area (Å²) in [4.78, 5) is 0. The van der Waals surface area contributed by atoms with Crippen molar-refractivity contribution in [3.63, 3.8) is 0 Å². The van der Waals surface area contributed by atoms with Gasteiger partial charge >= 0.3 is 7.60 Å². The smallest absolute Gasteiger partial charge is 0.338 e. The van der Waals surface area contributed by atoms with Gasteiger partial charge < -0.3 is 9.26 Å². The van der Waals surface area contributed by atoms with Crippen LogP contribution in [0, 0.1) is 6.92 Å². The van der Waals surface area contributed by atoms with E-state index in [1.54, 1.807) is 14.0 Å². The van der Waals surface area contributed by atoms with Crippen LogP contribution in [0.25, 0.3) is 0 Å². The second-order valence-electron chi connectivity index (χ2n) is 3.37. The second-order valence-corrected chi connectivity index (χ2v) is 5.42. The molecule has 0 fully saturated rings. The number of benzene rings is 1. The molecule has 0 bridgehead atoms. The van der Waals surface area contributed by atoms with Crippen LogP contribution >= 0.6 is 7.60 Å². The van der Waals surface area contributed by atoms with Crippen LogP contribution in [0.2, 0.25) is 0 Å². The monoisotopic (exact) mass is 257 g/mol. The molecular formula is C12H18O4P+. The van der Waals surface area contributed by atoms with Crippen LogP contribution in [0.4, 0.5) is 0 Å². The number of ether oxygens (including phenoxy) is 1. The van der Waals surface area contributed by atoms with Gasteiger partial charge in [-0.3, -0.25) is 9.09 Å². The minimum atomic E-state index is -3.07. The van der Waals surface area contributed by atoms with Crippen molar-refractivity contribution in [1.82, 2.24) is 0 Å². The molecule has 0 N–H and O–H groups in total. The topological polar surface area (TPSA) is 44.8 Å². The highest BCUT2D eigenvalue weighted by Gasteiger charge is 2.25. The van der Waals surface area contributed by atoms with Gasteiger partial charge in [0, 0.05) is 0 Å². The second kappa shape index (κ2) is 6.70. The van der Waals surface area contributed by atoms with E-state index in [0.717, 1.165) is 11.3 Å². The summed E-state index contributed by atoms with van der Waals surface area (Å²) in [5.41, 5.74) is 0.885. The van der Waals surface area contributed by atoms with Gasteiger partial charge in [0.05, 0.1) is 26.8 Å². The first kappa shape index (κ1) is 14.1. The molecule has 17 heavy (non-hydrogen) atoms. The van der Waals surface area contributed by atoms with Crippen molar-refractivity contribution < 1.29 is 18.3 Å². The fourth-order valence-electron chi connectivity index (χ4n) is 1.42. The molecule has 0 spiro atoms. The van der Waals surface area contributed by atoms with Gasteiger partial charge in [-0.1, -0.05) is 12.1 Å². The zero-order valence-electron chi connectivity index (χ0n) is 10.2. The standard InChI is InChI=1S/C12H18O4P/c1-4-15-17(13,16-5-2)10-11-6-8-12(14-3)9-7-11/h6-9H,1,4-5,10H2,2-3H3/q+1. The minimum absolute atomic E-state index is 0.132. The van der Waals surface area contributed by atoms with Crippen molar-refractivity contribution in [2.75, 3.05) is 20.3 Å². The summed E-state index contributed by atoms with van der Waals surface area (Å²) in [6, 6.07) is 7.32. The minimum Gasteiger partial charge on any atom is -0.497 e. The van der Waals surface area contributed by atoms with Crippen molar-refractivity contribution in [2.45, 2.75) is 13.1 Å². The Morgan fingerprint density at radius 2 is 1.88 bits per heavy atom. The summed E-state index contributed by atoms with van der Waals surface area (Å²) in [7, 11) is -1.46. The molecule has 0 aromatic heterocycles. The van der Waals surface area contributed by atoms with Gasteiger partial charge in [0.1, 0.15) is 5.75 Å². The summed E-state index contributed by atoms with van der Waals surface area (Å²) < 4.78 is 27.6. The highest BCUT2D eigenvalue weighted by Crippen LogP contribution is 2.51. The molecular weight excluding hydrogens is 239 g/mol. The Labute approximate surface area is 102 Å². The van der Waals surface area contributed by atoms with Gasteiger partial charge in [0.2, 0.25) is 0 Å². The third kappa shape index (κ3) is 4.43. The van der Waals surface area contributed by atoms with Crippen LogP contribution in [-0.2, 0) is 19.8 Å². The van der Waals surface area contributed by atoms with E-state index < -0.39 is 7.60 Å². The maximum absolute atomic E-state index is 12.2. The largest absolute Gasteiger partial charge is 0.497 e. The van der Waals surface area contributed by atoms with E-state index in [4.69, 9.17) is 13.8 Å². The number of rotatable bonds is 7. The zero-order chi connectivity index (χ0) is 12.7. The normalized spacial score (nSPS) is 14.2. The molecule has 0 amide bonds. The Morgan fingerprint density at radius 1 is 1.24 bits per heavy atom. The fourth-order valence-corrected chi connectivity index (χ4v) is 3.01. The Morgan fingerprint density at radius 3 is 2.35 bits per heavy atom. The summed E-state index contributed by atoms with van der Waals surface area (Å²) in [5.74, 6) is 0.762. The van der Waals surface area contributed by atoms with Crippen LogP contribution in [0.3, 0.4) is 0 Å². The molecule has 0 aliphatic heterocycles. The predicted octanol–water partition coefficient (Wildman–Crippen LogP) is 3.28. The lowest BCUT2D eigenvalue weighted by Gasteiger charge is -2.15. The molecule has 0 saturated carbocycles. The van der Waals surface area contributed by atoms with Gasteiger partial charge in [-0.05, 0) is 24.6 Å². The summed E-state index contributed by atoms with van der Waals surface area (Å²) in [6.45, 7) is 5.80. The first-order valence-corrected chi connectivity index (χ1v) is 7.16. The molecule has 4 nitrogen and oxygen atoms in total. The molecule has 1 aromatic carbocycles. The van der Waals surface area contributed by atoms with Crippen LogP contribution in [0.5, 0.6) is 5.75 Å². The maximum atomic E-state index is 12.2. The van der Waals surface area contributed by atoms with Gasteiger partial charge in [-0.2, -0.15) is 0 Å². The molecule has 0 radical (unpaired) electrons. The molecule has 94 valence electrons. The average molecular weight is 257 g/mol. The maximum Gasteiger partial charge on any atom is 0.338 e. The highest BCUT2D eigenvalue weighted by molar-refractivity contribution is 7.53. The van der Waals surface area contributed by atoms with Crippen molar-refractivity contribution in [2.24, 2.45) is 0 Å². The Hall–Kier alpha value is -0.960. The van der Waals surface area contributed by atoms with E-state index in [0.29, 0.717) is 6.61 Å². The third-order valence-electron chi connectivity index (χ3n) is 2.15. The first-order valence-electron chi connectivity index (χ1n) is 5.44. The lowest BCUT2D eigenvalue weighted by Crippen LogP contribution is -1.99. The Bertz CT molecular complexity index is 365. The molecule has 0 aliphatic carbocycles.